The Hall–Kier alpha value is -1.51. The maximum absolute atomic E-state index is 11.8. The Balaban J connectivity index is 2.48. The maximum Gasteiger partial charge on any atom is 0.329 e. The van der Waals surface area contributed by atoms with Crippen LogP contribution in [0.2, 0.25) is 0 Å². The van der Waals surface area contributed by atoms with Gasteiger partial charge in [-0.25, -0.2) is 4.79 Å². The van der Waals surface area contributed by atoms with Crippen molar-refractivity contribution in [1.29, 1.82) is 0 Å². The van der Waals surface area contributed by atoms with Crippen molar-refractivity contribution < 1.29 is 9.90 Å². The fourth-order valence-electron chi connectivity index (χ4n) is 3.03. The van der Waals surface area contributed by atoms with Crippen molar-refractivity contribution in [1.82, 2.24) is 0 Å². The average molecular weight is 247 g/mol. The van der Waals surface area contributed by atoms with E-state index in [1.807, 2.05) is 26.0 Å². The number of rotatable bonds is 4. The predicted octanol–water partition coefficient (Wildman–Crippen LogP) is 3.08. The Morgan fingerprint density at radius 1 is 1.33 bits per heavy atom. The molecule has 1 aromatic rings. The second kappa shape index (κ2) is 5.01. The number of aliphatic carboxylic acids is 1. The molecular formula is C15H21NO2. The topological polar surface area (TPSA) is 40.5 Å². The molecule has 3 nitrogen and oxygen atoms in total. The number of carbonyl (C=O) groups is 1. The summed E-state index contributed by atoms with van der Waals surface area (Å²) in [5.74, 6) is -0.704. The van der Waals surface area contributed by atoms with E-state index >= 15 is 0 Å². The zero-order chi connectivity index (χ0) is 13.2. The van der Waals surface area contributed by atoms with Crippen LogP contribution in [-0.4, -0.2) is 23.2 Å². The number of aryl methyl sites for hydroxylation is 1. The molecule has 18 heavy (non-hydrogen) atoms. The largest absolute Gasteiger partial charge is 0.479 e. The Bertz CT molecular complexity index is 438. The van der Waals surface area contributed by atoms with Gasteiger partial charge in [-0.2, -0.15) is 0 Å². The Labute approximate surface area is 108 Å². The molecule has 2 rings (SSSR count). The fourth-order valence-corrected chi connectivity index (χ4v) is 3.03. The summed E-state index contributed by atoms with van der Waals surface area (Å²) in [5, 5.41) is 9.66. The average Bonchev–Trinajstić information content (AvgIpc) is 2.40. The quantitative estimate of drug-likeness (QED) is 0.889. The number of carboxylic acid groups (broad SMARTS) is 1. The van der Waals surface area contributed by atoms with E-state index in [0.717, 1.165) is 25.1 Å². The molecule has 1 heterocycles. The van der Waals surface area contributed by atoms with Gasteiger partial charge < -0.3 is 10.0 Å². The lowest BCUT2D eigenvalue weighted by Gasteiger charge is -2.44. The molecule has 0 saturated carbocycles. The van der Waals surface area contributed by atoms with E-state index in [9.17, 15) is 9.90 Å². The van der Waals surface area contributed by atoms with Gasteiger partial charge in [0, 0.05) is 12.2 Å². The number of hydrogen-bond acceptors (Lipinski definition) is 2. The molecule has 0 spiro atoms. The number of anilines is 1. The van der Waals surface area contributed by atoms with E-state index in [0.29, 0.717) is 12.8 Å². The smallest absolute Gasteiger partial charge is 0.329 e. The molecule has 3 heteroatoms. The molecule has 1 aliphatic rings. The molecule has 1 aromatic carbocycles. The number of fused-ring (bicyclic) bond motifs is 1. The van der Waals surface area contributed by atoms with E-state index in [2.05, 4.69) is 17.0 Å². The highest BCUT2D eigenvalue weighted by atomic mass is 16.4. The van der Waals surface area contributed by atoms with Crippen molar-refractivity contribution in [3.8, 4) is 0 Å². The van der Waals surface area contributed by atoms with Gasteiger partial charge in [-0.15, -0.1) is 0 Å². The molecular weight excluding hydrogens is 226 g/mol. The lowest BCUT2D eigenvalue weighted by Crippen LogP contribution is -2.56. The van der Waals surface area contributed by atoms with Crippen LogP contribution in [0.4, 0.5) is 5.69 Å². The molecule has 98 valence electrons. The van der Waals surface area contributed by atoms with Crippen LogP contribution in [0.25, 0.3) is 0 Å². The van der Waals surface area contributed by atoms with Crippen molar-refractivity contribution in [2.24, 2.45) is 0 Å². The van der Waals surface area contributed by atoms with Gasteiger partial charge in [-0.05, 0) is 37.3 Å². The lowest BCUT2D eigenvalue weighted by molar-refractivity contribution is -0.143. The monoisotopic (exact) mass is 247 g/mol. The Morgan fingerprint density at radius 3 is 2.61 bits per heavy atom. The third kappa shape index (κ3) is 1.88. The second-order valence-electron chi connectivity index (χ2n) is 4.93. The third-order valence-corrected chi connectivity index (χ3v) is 4.19. The first kappa shape index (κ1) is 12.9. The van der Waals surface area contributed by atoms with E-state index in [1.54, 1.807) is 0 Å². The number of carboxylic acids is 1. The fraction of sp³-hybridized carbons (Fsp3) is 0.533. The first-order valence-corrected chi connectivity index (χ1v) is 6.74. The summed E-state index contributed by atoms with van der Waals surface area (Å²) in [4.78, 5) is 13.9. The summed E-state index contributed by atoms with van der Waals surface area (Å²) >= 11 is 0. The highest BCUT2D eigenvalue weighted by molar-refractivity contribution is 5.84. The standard InChI is InChI=1S/C15H21NO2/c1-3-15(4-2,14(17)18)16-11-7-9-12-8-5-6-10-13(12)16/h5-6,8,10H,3-4,7,9,11H2,1-2H3,(H,17,18). The van der Waals surface area contributed by atoms with Gasteiger partial charge in [0.2, 0.25) is 0 Å². The van der Waals surface area contributed by atoms with Gasteiger partial charge in [-0.1, -0.05) is 32.0 Å². The molecule has 0 atom stereocenters. The molecule has 0 amide bonds. The van der Waals surface area contributed by atoms with Crippen molar-refractivity contribution in [2.75, 3.05) is 11.4 Å². The third-order valence-electron chi connectivity index (χ3n) is 4.19. The second-order valence-corrected chi connectivity index (χ2v) is 4.93. The van der Waals surface area contributed by atoms with Crippen molar-refractivity contribution >= 4 is 11.7 Å². The van der Waals surface area contributed by atoms with Crippen LogP contribution in [0.3, 0.4) is 0 Å². The van der Waals surface area contributed by atoms with Crippen molar-refractivity contribution in [2.45, 2.75) is 45.1 Å². The number of para-hydroxylation sites is 1. The SMILES string of the molecule is CCC(CC)(C(=O)O)N1CCCc2ccccc21. The van der Waals surface area contributed by atoms with Crippen LogP contribution in [0.15, 0.2) is 24.3 Å². The molecule has 0 unspecified atom stereocenters. The predicted molar refractivity (Wildman–Crippen MR) is 73.1 cm³/mol. The molecule has 0 aliphatic carbocycles. The summed E-state index contributed by atoms with van der Waals surface area (Å²) in [7, 11) is 0. The molecule has 0 bridgehead atoms. The van der Waals surface area contributed by atoms with Crippen LogP contribution in [0, 0.1) is 0 Å². The first-order valence-electron chi connectivity index (χ1n) is 6.74. The number of benzene rings is 1. The highest BCUT2D eigenvalue weighted by Gasteiger charge is 2.42. The van der Waals surface area contributed by atoms with Gasteiger partial charge >= 0.3 is 5.97 Å². The Kier molecular flexibility index (Phi) is 3.60. The molecule has 0 saturated heterocycles. The van der Waals surface area contributed by atoms with Crippen molar-refractivity contribution in [3.05, 3.63) is 29.8 Å². The van der Waals surface area contributed by atoms with E-state index < -0.39 is 11.5 Å². The van der Waals surface area contributed by atoms with Gasteiger partial charge in [-0.3, -0.25) is 0 Å². The van der Waals surface area contributed by atoms with E-state index in [-0.39, 0.29) is 0 Å². The first-order chi connectivity index (χ1) is 8.65. The van der Waals surface area contributed by atoms with Crippen LogP contribution in [0.1, 0.15) is 38.7 Å². The van der Waals surface area contributed by atoms with Crippen LogP contribution < -0.4 is 4.90 Å². The summed E-state index contributed by atoms with van der Waals surface area (Å²) in [6.45, 7) is 4.77. The minimum absolute atomic E-state index is 0.632. The molecule has 0 aromatic heterocycles. The minimum atomic E-state index is -0.753. The lowest BCUT2D eigenvalue weighted by atomic mass is 9.87. The van der Waals surface area contributed by atoms with Crippen LogP contribution in [-0.2, 0) is 11.2 Å². The molecule has 0 radical (unpaired) electrons. The number of nitrogens with zero attached hydrogens (tertiary/aromatic N) is 1. The minimum Gasteiger partial charge on any atom is -0.479 e. The zero-order valence-corrected chi connectivity index (χ0v) is 11.1. The highest BCUT2D eigenvalue weighted by Crippen LogP contribution is 2.36. The summed E-state index contributed by atoms with van der Waals surface area (Å²) in [5.41, 5.74) is 1.63. The van der Waals surface area contributed by atoms with Gasteiger partial charge in [0.15, 0.2) is 0 Å². The Morgan fingerprint density at radius 2 is 2.00 bits per heavy atom. The maximum atomic E-state index is 11.8. The summed E-state index contributed by atoms with van der Waals surface area (Å²) in [6, 6.07) is 8.19. The number of hydrogen-bond donors (Lipinski definition) is 1. The van der Waals surface area contributed by atoms with Crippen LogP contribution in [0.5, 0.6) is 0 Å². The van der Waals surface area contributed by atoms with Gasteiger partial charge in [0.05, 0.1) is 0 Å². The van der Waals surface area contributed by atoms with Gasteiger partial charge in [0.1, 0.15) is 5.54 Å². The molecule has 0 fully saturated rings. The normalized spacial score (nSPS) is 15.3. The summed E-state index contributed by atoms with van der Waals surface area (Å²) < 4.78 is 0. The van der Waals surface area contributed by atoms with Crippen LogP contribution >= 0.6 is 0 Å². The van der Waals surface area contributed by atoms with Gasteiger partial charge in [0.25, 0.3) is 0 Å². The molecule has 1 N–H and O–H groups in total. The summed E-state index contributed by atoms with van der Waals surface area (Å²) in [6.07, 6.45) is 3.35. The van der Waals surface area contributed by atoms with E-state index in [4.69, 9.17) is 0 Å². The molecule has 1 aliphatic heterocycles. The van der Waals surface area contributed by atoms with Crippen molar-refractivity contribution in [3.63, 3.8) is 0 Å². The zero-order valence-electron chi connectivity index (χ0n) is 11.1. The van der Waals surface area contributed by atoms with E-state index in [1.165, 1.54) is 5.56 Å².